The van der Waals surface area contributed by atoms with E-state index in [4.69, 9.17) is 11.6 Å². The Labute approximate surface area is 114 Å². The van der Waals surface area contributed by atoms with Crippen LogP contribution in [0.3, 0.4) is 0 Å². The van der Waals surface area contributed by atoms with Crippen molar-refractivity contribution in [3.05, 3.63) is 61.8 Å². The van der Waals surface area contributed by atoms with E-state index in [2.05, 4.69) is 0 Å². The Hall–Kier alpha value is -1.39. The van der Waals surface area contributed by atoms with Gasteiger partial charge in [0.2, 0.25) is 0 Å². The Kier molecular flexibility index (Phi) is 3.99. The van der Waals surface area contributed by atoms with Crippen molar-refractivity contribution in [3.8, 4) is 0 Å². The minimum atomic E-state index is -0.397. The molecule has 0 aliphatic heterocycles. The average molecular weight is 282 g/mol. The van der Waals surface area contributed by atoms with Crippen LogP contribution < -0.4 is 0 Å². The zero-order valence-electron chi connectivity index (χ0n) is 9.80. The number of nitro groups is 1. The van der Waals surface area contributed by atoms with E-state index in [1.54, 1.807) is 23.5 Å². The zero-order valence-corrected chi connectivity index (χ0v) is 11.4. The van der Waals surface area contributed by atoms with Crippen LogP contribution in [-0.4, -0.2) is 4.92 Å². The van der Waals surface area contributed by atoms with Crippen LogP contribution in [0.4, 0.5) is 5.69 Å². The maximum Gasteiger partial charge on any atom is 0.269 e. The molecule has 94 valence electrons. The predicted molar refractivity (Wildman–Crippen MR) is 74.5 cm³/mol. The highest BCUT2D eigenvalue weighted by atomic mass is 35.5. The molecule has 1 atom stereocenters. The smallest absolute Gasteiger partial charge is 0.258 e. The van der Waals surface area contributed by atoms with Crippen molar-refractivity contribution in [1.82, 2.24) is 0 Å². The number of rotatable bonds is 4. The molecule has 1 aromatic carbocycles. The van der Waals surface area contributed by atoms with Crippen LogP contribution in [0.25, 0.3) is 0 Å². The Bertz CT molecular complexity index is 550. The minimum absolute atomic E-state index is 0.0774. The predicted octanol–water partition coefficient (Wildman–Crippen LogP) is 4.49. The summed E-state index contributed by atoms with van der Waals surface area (Å²) in [5.41, 5.74) is 2.31. The second kappa shape index (κ2) is 5.50. The van der Waals surface area contributed by atoms with Crippen LogP contribution in [0.15, 0.2) is 35.7 Å². The molecule has 18 heavy (non-hydrogen) atoms. The monoisotopic (exact) mass is 281 g/mol. The van der Waals surface area contributed by atoms with Crippen molar-refractivity contribution >= 4 is 28.6 Å². The van der Waals surface area contributed by atoms with Crippen molar-refractivity contribution in [2.24, 2.45) is 0 Å². The first-order valence-corrected chi connectivity index (χ1v) is 6.81. The molecular weight excluding hydrogens is 270 g/mol. The molecule has 0 fully saturated rings. The molecule has 0 spiro atoms. The van der Waals surface area contributed by atoms with Crippen molar-refractivity contribution in [3.63, 3.8) is 0 Å². The molecule has 0 radical (unpaired) electrons. The molecule has 5 heteroatoms. The van der Waals surface area contributed by atoms with Crippen LogP contribution in [0, 0.1) is 17.0 Å². The molecule has 2 aromatic rings. The number of thiophene rings is 1. The van der Waals surface area contributed by atoms with Gasteiger partial charge >= 0.3 is 0 Å². The lowest BCUT2D eigenvalue weighted by molar-refractivity contribution is -0.384. The molecule has 0 aliphatic rings. The molecule has 0 saturated heterocycles. The lowest BCUT2D eigenvalue weighted by Crippen LogP contribution is -1.96. The van der Waals surface area contributed by atoms with E-state index in [0.29, 0.717) is 6.42 Å². The molecule has 0 amide bonds. The average Bonchev–Trinajstić information content (AvgIpc) is 2.76. The van der Waals surface area contributed by atoms with Crippen LogP contribution in [0.2, 0.25) is 0 Å². The SMILES string of the molecule is Cc1ccsc1C(Cl)Cc1ccc([N+](=O)[O-])cc1. The lowest BCUT2D eigenvalue weighted by atomic mass is 10.1. The van der Waals surface area contributed by atoms with Gasteiger partial charge in [0.15, 0.2) is 0 Å². The first-order valence-electron chi connectivity index (χ1n) is 5.49. The van der Waals surface area contributed by atoms with Crippen molar-refractivity contribution in [2.75, 3.05) is 0 Å². The number of alkyl halides is 1. The highest BCUT2D eigenvalue weighted by molar-refractivity contribution is 7.10. The van der Waals surface area contributed by atoms with Crippen LogP contribution in [0.5, 0.6) is 0 Å². The maximum atomic E-state index is 10.5. The first-order chi connectivity index (χ1) is 8.58. The molecule has 1 unspecified atom stereocenters. The Morgan fingerprint density at radius 1 is 1.33 bits per heavy atom. The topological polar surface area (TPSA) is 43.1 Å². The second-order valence-electron chi connectivity index (χ2n) is 4.06. The van der Waals surface area contributed by atoms with E-state index >= 15 is 0 Å². The fourth-order valence-electron chi connectivity index (χ4n) is 1.76. The van der Waals surface area contributed by atoms with Crippen LogP contribution >= 0.6 is 22.9 Å². The van der Waals surface area contributed by atoms with Gasteiger partial charge in [-0.25, -0.2) is 0 Å². The molecule has 2 rings (SSSR count). The van der Waals surface area contributed by atoms with Gasteiger partial charge in [-0.1, -0.05) is 12.1 Å². The number of hydrogen-bond acceptors (Lipinski definition) is 3. The third-order valence-corrected chi connectivity index (χ3v) is 4.38. The van der Waals surface area contributed by atoms with E-state index in [9.17, 15) is 10.1 Å². The summed E-state index contributed by atoms with van der Waals surface area (Å²) in [7, 11) is 0. The summed E-state index contributed by atoms with van der Waals surface area (Å²) in [6, 6.07) is 8.60. The quantitative estimate of drug-likeness (QED) is 0.471. The molecule has 0 N–H and O–H groups in total. The van der Waals surface area contributed by atoms with E-state index in [0.717, 1.165) is 10.4 Å². The second-order valence-corrected chi connectivity index (χ2v) is 5.54. The third-order valence-electron chi connectivity index (χ3n) is 2.75. The van der Waals surface area contributed by atoms with E-state index < -0.39 is 4.92 Å². The normalized spacial score (nSPS) is 12.3. The summed E-state index contributed by atoms with van der Waals surface area (Å²) in [5, 5.41) is 12.5. The van der Waals surface area contributed by atoms with Gasteiger partial charge in [-0.15, -0.1) is 22.9 Å². The summed E-state index contributed by atoms with van der Waals surface area (Å²) in [6.45, 7) is 2.04. The van der Waals surface area contributed by atoms with Gasteiger partial charge < -0.3 is 0 Å². The van der Waals surface area contributed by atoms with Crippen LogP contribution in [-0.2, 0) is 6.42 Å². The van der Waals surface area contributed by atoms with Crippen molar-refractivity contribution in [1.29, 1.82) is 0 Å². The Balaban J connectivity index is 2.10. The summed E-state index contributed by atoms with van der Waals surface area (Å²) in [4.78, 5) is 11.3. The van der Waals surface area contributed by atoms with E-state index in [1.807, 2.05) is 18.4 Å². The van der Waals surface area contributed by atoms with Gasteiger partial charge in [-0.05, 0) is 35.9 Å². The van der Waals surface area contributed by atoms with Gasteiger partial charge in [0, 0.05) is 17.0 Å². The Morgan fingerprint density at radius 3 is 2.50 bits per heavy atom. The maximum absolute atomic E-state index is 10.5. The van der Waals surface area contributed by atoms with Gasteiger partial charge in [-0.2, -0.15) is 0 Å². The number of benzene rings is 1. The highest BCUT2D eigenvalue weighted by Crippen LogP contribution is 2.32. The number of non-ortho nitro benzene ring substituents is 1. The fraction of sp³-hybridized carbons (Fsp3) is 0.231. The van der Waals surface area contributed by atoms with Gasteiger partial charge in [0.25, 0.3) is 5.69 Å². The third kappa shape index (κ3) is 2.89. The van der Waals surface area contributed by atoms with Crippen LogP contribution in [0.1, 0.15) is 21.4 Å². The number of halogens is 1. The minimum Gasteiger partial charge on any atom is -0.258 e. The first kappa shape index (κ1) is 13.1. The summed E-state index contributed by atoms with van der Waals surface area (Å²) in [5.74, 6) is 0. The number of nitro benzene ring substituents is 1. The molecule has 0 saturated carbocycles. The summed E-state index contributed by atoms with van der Waals surface area (Å²) in [6.07, 6.45) is 0.681. The summed E-state index contributed by atoms with van der Waals surface area (Å²) < 4.78 is 0. The standard InChI is InChI=1S/C13H12ClNO2S/c1-9-6-7-18-13(9)12(14)8-10-2-4-11(5-3-10)15(16)17/h2-7,12H,8H2,1H3. The van der Waals surface area contributed by atoms with E-state index in [1.165, 1.54) is 17.7 Å². The molecule has 3 nitrogen and oxygen atoms in total. The number of aryl methyl sites for hydroxylation is 1. The summed E-state index contributed by atoms with van der Waals surface area (Å²) >= 11 is 8.01. The molecule has 1 aromatic heterocycles. The largest absolute Gasteiger partial charge is 0.269 e. The number of hydrogen-bond donors (Lipinski definition) is 0. The lowest BCUT2D eigenvalue weighted by Gasteiger charge is -2.08. The molecule has 0 bridgehead atoms. The molecule has 0 aliphatic carbocycles. The molecular formula is C13H12ClNO2S. The highest BCUT2D eigenvalue weighted by Gasteiger charge is 2.13. The fourth-order valence-corrected chi connectivity index (χ4v) is 3.17. The Morgan fingerprint density at radius 2 is 2.00 bits per heavy atom. The van der Waals surface area contributed by atoms with Crippen molar-refractivity contribution in [2.45, 2.75) is 18.7 Å². The zero-order chi connectivity index (χ0) is 13.1. The van der Waals surface area contributed by atoms with E-state index in [-0.39, 0.29) is 11.1 Å². The number of nitrogens with zero attached hydrogens (tertiary/aromatic N) is 1. The van der Waals surface area contributed by atoms with Gasteiger partial charge in [-0.3, -0.25) is 10.1 Å². The van der Waals surface area contributed by atoms with Gasteiger partial charge in [0.1, 0.15) is 0 Å². The van der Waals surface area contributed by atoms with Crippen molar-refractivity contribution < 1.29 is 4.92 Å². The van der Waals surface area contributed by atoms with Gasteiger partial charge in [0.05, 0.1) is 10.3 Å². The molecule has 1 heterocycles.